The number of hydrogen-bond donors (Lipinski definition) is 1. The minimum atomic E-state index is -0.409. The molecular weight excluding hydrogens is 322 g/mol. The molecule has 0 radical (unpaired) electrons. The molecule has 7 heteroatoms. The highest BCUT2D eigenvalue weighted by Crippen LogP contribution is 2.17. The molecule has 0 aliphatic carbocycles. The van der Waals surface area contributed by atoms with Crippen LogP contribution in [0.2, 0.25) is 0 Å². The van der Waals surface area contributed by atoms with E-state index in [0.717, 1.165) is 26.2 Å². The zero-order valence-electron chi connectivity index (χ0n) is 14.8. The fourth-order valence-corrected chi connectivity index (χ4v) is 3.11. The summed E-state index contributed by atoms with van der Waals surface area (Å²) in [5, 5.41) is 18.9. The number of aliphatic hydroxyl groups is 1. The Kier molecular flexibility index (Phi) is 8.65. The summed E-state index contributed by atoms with van der Waals surface area (Å²) >= 11 is 0. The van der Waals surface area contributed by atoms with Crippen molar-refractivity contribution in [2.45, 2.75) is 25.7 Å². The van der Waals surface area contributed by atoms with Crippen LogP contribution in [0.1, 0.15) is 25.7 Å². The maximum Gasteiger partial charge on any atom is 0.269 e. The lowest BCUT2D eigenvalue weighted by molar-refractivity contribution is -0.384. The van der Waals surface area contributed by atoms with Crippen molar-refractivity contribution in [1.82, 2.24) is 9.80 Å². The summed E-state index contributed by atoms with van der Waals surface area (Å²) in [6.07, 6.45) is 5.19. The van der Waals surface area contributed by atoms with Gasteiger partial charge in [0.2, 0.25) is 0 Å². The van der Waals surface area contributed by atoms with Gasteiger partial charge in [-0.2, -0.15) is 0 Å². The van der Waals surface area contributed by atoms with Crippen LogP contribution < -0.4 is 4.74 Å². The van der Waals surface area contributed by atoms with Crippen molar-refractivity contribution >= 4 is 5.69 Å². The predicted octanol–water partition coefficient (Wildman–Crippen LogP) is 2.14. The van der Waals surface area contributed by atoms with E-state index in [4.69, 9.17) is 9.84 Å². The molecule has 25 heavy (non-hydrogen) atoms. The Labute approximate surface area is 149 Å². The van der Waals surface area contributed by atoms with Crippen molar-refractivity contribution in [2.75, 3.05) is 52.5 Å². The van der Waals surface area contributed by atoms with Crippen LogP contribution >= 0.6 is 0 Å². The minimum absolute atomic E-state index is 0.0943. The number of β-amino-alcohol motifs (C(OH)–C–C–N with tert-alkyl or cyclic N) is 1. The summed E-state index contributed by atoms with van der Waals surface area (Å²) < 4.78 is 5.54. The van der Waals surface area contributed by atoms with E-state index < -0.39 is 4.92 Å². The molecule has 2 fully saturated rings. The van der Waals surface area contributed by atoms with Crippen LogP contribution in [0.25, 0.3) is 0 Å². The Morgan fingerprint density at radius 3 is 1.96 bits per heavy atom. The van der Waals surface area contributed by atoms with Gasteiger partial charge in [-0.15, -0.1) is 0 Å². The maximum atomic E-state index is 10.5. The number of benzene rings is 1. The fraction of sp³-hybridized carbons (Fsp3) is 0.667. The maximum absolute atomic E-state index is 10.5. The lowest BCUT2D eigenvalue weighted by Gasteiger charge is -2.14. The highest BCUT2D eigenvalue weighted by Gasteiger charge is 2.11. The Morgan fingerprint density at radius 2 is 1.48 bits per heavy atom. The molecule has 0 aromatic heterocycles. The van der Waals surface area contributed by atoms with Crippen LogP contribution in [-0.4, -0.2) is 72.3 Å². The van der Waals surface area contributed by atoms with Gasteiger partial charge in [-0.1, -0.05) is 0 Å². The van der Waals surface area contributed by atoms with E-state index in [1.54, 1.807) is 12.1 Å². The number of rotatable bonds is 7. The average Bonchev–Trinajstić information content (AvgIpc) is 3.30. The highest BCUT2D eigenvalue weighted by molar-refractivity contribution is 5.35. The number of likely N-dealkylation sites (tertiary alicyclic amines) is 2. The van der Waals surface area contributed by atoms with Gasteiger partial charge in [-0.25, -0.2) is 0 Å². The Bertz CT molecular complexity index is 498. The molecule has 0 spiro atoms. The van der Waals surface area contributed by atoms with Gasteiger partial charge in [0, 0.05) is 25.2 Å². The molecule has 2 saturated heterocycles. The van der Waals surface area contributed by atoms with Gasteiger partial charge in [-0.3, -0.25) is 15.0 Å². The van der Waals surface area contributed by atoms with Crippen molar-refractivity contribution in [3.8, 4) is 5.75 Å². The summed E-state index contributed by atoms with van der Waals surface area (Å²) in [5.41, 5.74) is 0.0943. The predicted molar refractivity (Wildman–Crippen MR) is 97.0 cm³/mol. The largest absolute Gasteiger partial charge is 0.492 e. The molecule has 0 unspecified atom stereocenters. The fourth-order valence-electron chi connectivity index (χ4n) is 3.11. The lowest BCUT2D eigenvalue weighted by Crippen LogP contribution is -2.25. The molecule has 2 aliphatic heterocycles. The summed E-state index contributed by atoms with van der Waals surface area (Å²) in [5.74, 6) is 0.690. The molecule has 0 bridgehead atoms. The lowest BCUT2D eigenvalue weighted by atomic mass is 10.3. The first-order valence-corrected chi connectivity index (χ1v) is 9.12. The van der Waals surface area contributed by atoms with Crippen LogP contribution in [0.15, 0.2) is 24.3 Å². The molecule has 1 aromatic carbocycles. The summed E-state index contributed by atoms with van der Waals surface area (Å²) in [6, 6.07) is 6.21. The van der Waals surface area contributed by atoms with Crippen LogP contribution in [-0.2, 0) is 0 Å². The first-order chi connectivity index (χ1) is 12.2. The van der Waals surface area contributed by atoms with E-state index in [1.165, 1.54) is 50.9 Å². The van der Waals surface area contributed by atoms with Crippen LogP contribution in [0.5, 0.6) is 5.75 Å². The molecular formula is C18H29N3O4. The number of aliphatic hydroxyl groups excluding tert-OH is 1. The van der Waals surface area contributed by atoms with Gasteiger partial charge in [-0.05, 0) is 64.0 Å². The monoisotopic (exact) mass is 351 g/mol. The Balaban J connectivity index is 0.000000236. The molecule has 3 rings (SSSR count). The molecule has 2 heterocycles. The van der Waals surface area contributed by atoms with Crippen LogP contribution in [0.3, 0.4) is 0 Å². The van der Waals surface area contributed by atoms with Crippen molar-refractivity contribution in [3.63, 3.8) is 0 Å². The number of ether oxygens (including phenoxy) is 1. The summed E-state index contributed by atoms with van der Waals surface area (Å²) in [4.78, 5) is 14.7. The Hall–Kier alpha value is -1.70. The molecule has 2 aliphatic rings. The number of nitrogens with zero attached hydrogens (tertiary/aromatic N) is 3. The first-order valence-electron chi connectivity index (χ1n) is 9.12. The van der Waals surface area contributed by atoms with E-state index in [-0.39, 0.29) is 5.69 Å². The van der Waals surface area contributed by atoms with E-state index in [0.29, 0.717) is 19.0 Å². The second-order valence-electron chi connectivity index (χ2n) is 6.42. The molecule has 0 atom stereocenters. The van der Waals surface area contributed by atoms with E-state index in [2.05, 4.69) is 9.80 Å². The van der Waals surface area contributed by atoms with Crippen molar-refractivity contribution in [1.29, 1.82) is 0 Å². The molecule has 0 amide bonds. The Morgan fingerprint density at radius 1 is 0.960 bits per heavy atom. The van der Waals surface area contributed by atoms with E-state index in [9.17, 15) is 10.1 Å². The second-order valence-corrected chi connectivity index (χ2v) is 6.42. The van der Waals surface area contributed by atoms with Crippen molar-refractivity contribution < 1.29 is 14.8 Å². The third-order valence-corrected chi connectivity index (χ3v) is 4.54. The van der Waals surface area contributed by atoms with Gasteiger partial charge in [0.25, 0.3) is 5.69 Å². The average molecular weight is 351 g/mol. The summed E-state index contributed by atoms with van der Waals surface area (Å²) in [7, 11) is 0. The van der Waals surface area contributed by atoms with Gasteiger partial charge < -0.3 is 14.7 Å². The number of non-ortho nitro benzene ring substituents is 1. The molecule has 1 aromatic rings. The summed E-state index contributed by atoms with van der Waals surface area (Å²) in [6.45, 7) is 7.46. The number of hydrogen-bond acceptors (Lipinski definition) is 6. The molecule has 140 valence electrons. The minimum Gasteiger partial charge on any atom is -0.492 e. The highest BCUT2D eigenvalue weighted by atomic mass is 16.6. The SMILES string of the molecule is O=[N+]([O-])c1ccc(OCCN2CCCC2)cc1.OCCN1CCCC1. The number of nitro benzene ring substituents is 1. The van der Waals surface area contributed by atoms with Crippen molar-refractivity contribution in [2.24, 2.45) is 0 Å². The molecule has 7 nitrogen and oxygen atoms in total. The van der Waals surface area contributed by atoms with Crippen LogP contribution in [0, 0.1) is 10.1 Å². The topological polar surface area (TPSA) is 79.1 Å². The van der Waals surface area contributed by atoms with Crippen LogP contribution in [0.4, 0.5) is 5.69 Å². The zero-order chi connectivity index (χ0) is 17.9. The zero-order valence-corrected chi connectivity index (χ0v) is 14.8. The number of nitro groups is 1. The second kappa shape index (κ2) is 11.0. The van der Waals surface area contributed by atoms with Crippen molar-refractivity contribution in [3.05, 3.63) is 34.4 Å². The smallest absolute Gasteiger partial charge is 0.269 e. The van der Waals surface area contributed by atoms with Gasteiger partial charge >= 0.3 is 0 Å². The quantitative estimate of drug-likeness (QED) is 0.599. The third kappa shape index (κ3) is 7.37. The van der Waals surface area contributed by atoms with Gasteiger partial charge in [0.15, 0.2) is 0 Å². The first kappa shape index (κ1) is 19.6. The normalized spacial score (nSPS) is 18.0. The molecule has 0 saturated carbocycles. The molecule has 1 N–H and O–H groups in total. The van der Waals surface area contributed by atoms with Gasteiger partial charge in [0.1, 0.15) is 12.4 Å². The van der Waals surface area contributed by atoms with E-state index in [1.807, 2.05) is 0 Å². The standard InChI is InChI=1S/C12H16N2O3.C6H13NO/c15-14(16)11-3-5-12(6-4-11)17-10-9-13-7-1-2-8-13;8-6-5-7-3-1-2-4-7/h3-6H,1-2,7-10H2;8H,1-6H2. The van der Waals surface area contributed by atoms with E-state index >= 15 is 0 Å². The van der Waals surface area contributed by atoms with Gasteiger partial charge in [0.05, 0.1) is 11.5 Å². The third-order valence-electron chi connectivity index (χ3n) is 4.54.